The molecule has 12 heavy (non-hydrogen) atoms. The summed E-state index contributed by atoms with van der Waals surface area (Å²) in [5.74, 6) is 0. The largest absolute Gasteiger partial charge is 0.320 e. The van der Waals surface area contributed by atoms with E-state index in [2.05, 4.69) is 10.3 Å². The van der Waals surface area contributed by atoms with E-state index in [1.54, 1.807) is 0 Å². The van der Waals surface area contributed by atoms with Crippen molar-refractivity contribution in [3.05, 3.63) is 0 Å². The predicted molar refractivity (Wildman–Crippen MR) is 44.8 cm³/mol. The number of halogens is 1. The normalized spacial score (nSPS) is 30.4. The Bertz CT molecular complexity index is 172. The van der Waals surface area contributed by atoms with E-state index in [-0.39, 0.29) is 6.04 Å². The predicted octanol–water partition coefficient (Wildman–Crippen LogP) is 1.04. The highest BCUT2D eigenvalue weighted by atomic mass is 19.1. The lowest BCUT2D eigenvalue weighted by Crippen LogP contribution is -2.25. The lowest BCUT2D eigenvalue weighted by molar-refractivity contribution is -0.108. The van der Waals surface area contributed by atoms with Crippen LogP contribution in [-0.2, 0) is 4.79 Å². The van der Waals surface area contributed by atoms with E-state index >= 15 is 0 Å². The van der Waals surface area contributed by atoms with Crippen molar-refractivity contribution in [2.75, 3.05) is 0 Å². The van der Waals surface area contributed by atoms with Crippen molar-refractivity contribution in [2.24, 2.45) is 4.99 Å². The summed E-state index contributed by atoms with van der Waals surface area (Å²) in [5, 5.41) is 2.28. The zero-order valence-corrected chi connectivity index (χ0v) is 6.87. The molecule has 68 valence electrons. The second-order valence-corrected chi connectivity index (χ2v) is 2.93. The van der Waals surface area contributed by atoms with Gasteiger partial charge in [-0.2, -0.15) is 0 Å². The van der Waals surface area contributed by atoms with Gasteiger partial charge in [0.05, 0.1) is 12.4 Å². The van der Waals surface area contributed by atoms with Crippen LogP contribution < -0.4 is 5.32 Å². The fourth-order valence-electron chi connectivity index (χ4n) is 1.40. The number of rotatable bonds is 3. The third-order valence-corrected chi connectivity index (χ3v) is 2.06. The van der Waals surface area contributed by atoms with Gasteiger partial charge in [0.25, 0.3) is 0 Å². The molecule has 1 N–H and O–H groups in total. The van der Waals surface area contributed by atoms with E-state index in [1.807, 2.05) is 0 Å². The first kappa shape index (κ1) is 9.16. The van der Waals surface area contributed by atoms with Crippen molar-refractivity contribution in [3.8, 4) is 0 Å². The zero-order chi connectivity index (χ0) is 8.81. The molecule has 4 heteroatoms. The molecule has 0 aromatic heterocycles. The van der Waals surface area contributed by atoms with Gasteiger partial charge in [0.2, 0.25) is 6.41 Å². The Labute approximate surface area is 71.1 Å². The van der Waals surface area contributed by atoms with Gasteiger partial charge < -0.3 is 5.32 Å². The van der Waals surface area contributed by atoms with Gasteiger partial charge in [-0.05, 0) is 12.8 Å². The molecule has 1 aliphatic carbocycles. The van der Waals surface area contributed by atoms with E-state index in [1.165, 1.54) is 6.34 Å². The maximum absolute atomic E-state index is 13.0. The summed E-state index contributed by atoms with van der Waals surface area (Å²) in [6.45, 7) is 0. The quantitative estimate of drug-likeness (QED) is 0.386. The minimum Gasteiger partial charge on any atom is -0.320 e. The Kier molecular flexibility index (Phi) is 3.70. The fraction of sp³-hybridized carbons (Fsp3) is 0.750. The van der Waals surface area contributed by atoms with Crippen LogP contribution in [0, 0.1) is 0 Å². The Hall–Kier alpha value is -0.930. The van der Waals surface area contributed by atoms with Crippen LogP contribution in [0.3, 0.4) is 0 Å². The number of carbonyl (C=O) groups is 1. The van der Waals surface area contributed by atoms with Crippen molar-refractivity contribution < 1.29 is 9.18 Å². The third kappa shape index (κ3) is 2.60. The zero-order valence-electron chi connectivity index (χ0n) is 6.87. The molecule has 0 spiro atoms. The topological polar surface area (TPSA) is 41.5 Å². The molecule has 1 rings (SSSR count). The van der Waals surface area contributed by atoms with Crippen LogP contribution in [0.1, 0.15) is 25.7 Å². The number of carbonyl (C=O) groups excluding carboxylic acids is 1. The van der Waals surface area contributed by atoms with Gasteiger partial charge in [0.1, 0.15) is 6.17 Å². The van der Waals surface area contributed by atoms with Gasteiger partial charge in [-0.25, -0.2) is 4.39 Å². The average Bonchev–Trinajstić information content (AvgIpc) is 2.09. The minimum absolute atomic E-state index is 0.244. The third-order valence-electron chi connectivity index (χ3n) is 2.06. The molecule has 2 atom stereocenters. The Balaban J connectivity index is 2.33. The first-order valence-electron chi connectivity index (χ1n) is 4.20. The number of hydrogen-bond donors (Lipinski definition) is 1. The summed E-state index contributed by atoms with van der Waals surface area (Å²) >= 11 is 0. The van der Waals surface area contributed by atoms with Crippen LogP contribution in [0.2, 0.25) is 0 Å². The molecule has 0 aliphatic heterocycles. The summed E-state index contributed by atoms with van der Waals surface area (Å²) in [7, 11) is 0. The smallest absolute Gasteiger partial charge is 0.212 e. The Morgan fingerprint density at radius 1 is 1.42 bits per heavy atom. The van der Waals surface area contributed by atoms with Crippen molar-refractivity contribution in [1.82, 2.24) is 5.32 Å². The van der Waals surface area contributed by atoms with Gasteiger partial charge >= 0.3 is 0 Å². The van der Waals surface area contributed by atoms with E-state index in [0.29, 0.717) is 12.8 Å². The average molecular weight is 172 g/mol. The monoisotopic (exact) mass is 172 g/mol. The second kappa shape index (κ2) is 4.85. The molecule has 0 radical (unpaired) electrons. The minimum atomic E-state index is -0.830. The van der Waals surface area contributed by atoms with Gasteiger partial charge in [-0.15, -0.1) is 0 Å². The molecule has 1 saturated carbocycles. The molecular formula is C8H13FN2O. The Morgan fingerprint density at radius 2 is 2.17 bits per heavy atom. The Morgan fingerprint density at radius 3 is 2.83 bits per heavy atom. The van der Waals surface area contributed by atoms with Gasteiger partial charge in [-0.1, -0.05) is 12.8 Å². The van der Waals surface area contributed by atoms with Crippen LogP contribution in [0.4, 0.5) is 4.39 Å². The number of alkyl halides is 1. The molecule has 1 unspecified atom stereocenters. The number of nitrogens with one attached hydrogen (secondary N) is 1. The summed E-state index contributed by atoms with van der Waals surface area (Å²) in [4.78, 5) is 13.7. The maximum atomic E-state index is 13.0. The van der Waals surface area contributed by atoms with Crippen molar-refractivity contribution in [2.45, 2.75) is 37.9 Å². The molecule has 0 bridgehead atoms. The molecular weight excluding hydrogens is 159 g/mol. The number of amides is 1. The van der Waals surface area contributed by atoms with Gasteiger partial charge in [0, 0.05) is 0 Å². The lowest BCUT2D eigenvalue weighted by Gasteiger charge is -2.21. The molecule has 1 amide bonds. The van der Waals surface area contributed by atoms with E-state index < -0.39 is 6.17 Å². The van der Waals surface area contributed by atoms with Crippen LogP contribution in [0.15, 0.2) is 4.99 Å². The molecule has 0 aromatic carbocycles. The van der Waals surface area contributed by atoms with Crippen molar-refractivity contribution in [1.29, 1.82) is 0 Å². The summed E-state index contributed by atoms with van der Waals surface area (Å²) < 4.78 is 13.0. The molecule has 0 saturated heterocycles. The van der Waals surface area contributed by atoms with Crippen LogP contribution in [0.5, 0.6) is 0 Å². The summed E-state index contributed by atoms with van der Waals surface area (Å²) in [6.07, 6.45) is 4.34. The first-order valence-corrected chi connectivity index (χ1v) is 4.20. The molecule has 1 aliphatic rings. The molecule has 0 aromatic rings. The highest BCUT2D eigenvalue weighted by Gasteiger charge is 2.23. The summed E-state index contributed by atoms with van der Waals surface area (Å²) in [6, 6.07) is -0.244. The molecule has 0 heterocycles. The van der Waals surface area contributed by atoms with Crippen LogP contribution in [-0.4, -0.2) is 25.0 Å². The van der Waals surface area contributed by atoms with Crippen LogP contribution >= 0.6 is 0 Å². The SMILES string of the molecule is O=CNC=N[C@H]1CCCCC1F. The molecule has 1 fully saturated rings. The van der Waals surface area contributed by atoms with Crippen LogP contribution in [0.25, 0.3) is 0 Å². The number of hydrogen-bond acceptors (Lipinski definition) is 2. The van der Waals surface area contributed by atoms with E-state index in [0.717, 1.165) is 19.3 Å². The van der Waals surface area contributed by atoms with E-state index in [9.17, 15) is 9.18 Å². The first-order chi connectivity index (χ1) is 5.84. The summed E-state index contributed by atoms with van der Waals surface area (Å²) in [5.41, 5.74) is 0. The fourth-order valence-corrected chi connectivity index (χ4v) is 1.40. The van der Waals surface area contributed by atoms with E-state index in [4.69, 9.17) is 0 Å². The lowest BCUT2D eigenvalue weighted by atomic mass is 9.94. The maximum Gasteiger partial charge on any atom is 0.212 e. The highest BCUT2D eigenvalue weighted by molar-refractivity contribution is 5.71. The highest BCUT2D eigenvalue weighted by Crippen LogP contribution is 2.23. The van der Waals surface area contributed by atoms with Crippen molar-refractivity contribution in [3.63, 3.8) is 0 Å². The van der Waals surface area contributed by atoms with Crippen molar-refractivity contribution >= 4 is 12.7 Å². The van der Waals surface area contributed by atoms with Gasteiger partial charge in [-0.3, -0.25) is 9.79 Å². The molecule has 3 nitrogen and oxygen atoms in total. The van der Waals surface area contributed by atoms with Gasteiger partial charge in [0.15, 0.2) is 0 Å². The second-order valence-electron chi connectivity index (χ2n) is 2.93. The standard InChI is InChI=1S/C8H13FN2O/c9-7-3-1-2-4-8(7)11-5-10-6-12/h5-8H,1-4H2,(H,10,11,12)/t7?,8-/m0/s1. The number of nitrogens with zero attached hydrogens (tertiary/aromatic N) is 1. The number of aliphatic imine (C=N–C) groups is 1.